The number of halogens is 1. The third-order valence-corrected chi connectivity index (χ3v) is 4.59. The summed E-state index contributed by atoms with van der Waals surface area (Å²) in [7, 11) is 1.61. The Balaban J connectivity index is 0.00000210. The van der Waals surface area contributed by atoms with Gasteiger partial charge in [-0.25, -0.2) is 0 Å². The lowest BCUT2D eigenvalue weighted by atomic mass is 9.97. The van der Waals surface area contributed by atoms with Crippen LogP contribution in [0.15, 0.2) is 66.7 Å². The Labute approximate surface area is 165 Å². The largest absolute Gasteiger partial charge is 0.497 e. The molecule has 0 aliphatic carbocycles. The summed E-state index contributed by atoms with van der Waals surface area (Å²) in [6.45, 7) is 0. The molecule has 1 atom stereocenters. The van der Waals surface area contributed by atoms with E-state index in [9.17, 15) is 0 Å². The summed E-state index contributed by atoms with van der Waals surface area (Å²) in [5.41, 5.74) is 8.95. The van der Waals surface area contributed by atoms with E-state index in [1.807, 2.05) is 48.5 Å². The molecule has 4 rings (SSSR count). The predicted octanol–water partition coefficient (Wildman–Crippen LogP) is 5.56. The van der Waals surface area contributed by atoms with Crippen LogP contribution in [0.3, 0.4) is 0 Å². The maximum absolute atomic E-state index is 6.18. The van der Waals surface area contributed by atoms with Gasteiger partial charge in [0.05, 0.1) is 12.8 Å². The number of hydrogen-bond acceptors (Lipinski definition) is 4. The van der Waals surface area contributed by atoms with Crippen LogP contribution in [-0.4, -0.2) is 7.11 Å². The lowest BCUT2D eigenvalue weighted by Crippen LogP contribution is -2.15. The van der Waals surface area contributed by atoms with Gasteiger partial charge in [0.1, 0.15) is 23.4 Å². The average Bonchev–Trinajstić information content (AvgIpc) is 2.69. The number of aryl methyl sites for hydroxylation is 1. The zero-order valence-electron chi connectivity index (χ0n) is 15.1. The van der Waals surface area contributed by atoms with E-state index in [2.05, 4.69) is 12.1 Å². The second-order valence-corrected chi connectivity index (χ2v) is 6.33. The minimum atomic E-state index is 0. The van der Waals surface area contributed by atoms with Crippen LogP contribution in [0.1, 0.15) is 23.7 Å². The van der Waals surface area contributed by atoms with Gasteiger partial charge in [0.2, 0.25) is 0 Å². The third-order valence-electron chi connectivity index (χ3n) is 4.59. The SMILES string of the molecule is COc1ccc(Oc2ccc3c(c2)CCC(c2ccccc2)O3)c(N)c1.Cl. The highest BCUT2D eigenvalue weighted by atomic mass is 35.5. The van der Waals surface area contributed by atoms with Gasteiger partial charge in [0.15, 0.2) is 5.75 Å². The van der Waals surface area contributed by atoms with Crippen molar-refractivity contribution >= 4 is 18.1 Å². The van der Waals surface area contributed by atoms with Gasteiger partial charge in [-0.15, -0.1) is 12.4 Å². The lowest BCUT2D eigenvalue weighted by molar-refractivity contribution is 0.176. The molecule has 2 N–H and O–H groups in total. The summed E-state index contributed by atoms with van der Waals surface area (Å²) in [6.07, 6.45) is 2.00. The van der Waals surface area contributed by atoms with Crippen molar-refractivity contribution in [3.05, 3.63) is 77.9 Å². The fraction of sp³-hybridized carbons (Fsp3) is 0.182. The molecule has 140 valence electrons. The molecule has 0 bridgehead atoms. The van der Waals surface area contributed by atoms with Crippen molar-refractivity contribution in [2.24, 2.45) is 0 Å². The molecule has 1 aliphatic rings. The Morgan fingerprint density at radius 2 is 1.74 bits per heavy atom. The van der Waals surface area contributed by atoms with Gasteiger partial charge < -0.3 is 19.9 Å². The Hall–Kier alpha value is -2.85. The molecular weight excluding hydrogens is 362 g/mol. The van der Waals surface area contributed by atoms with Crippen LogP contribution in [0.2, 0.25) is 0 Å². The molecule has 27 heavy (non-hydrogen) atoms. The third kappa shape index (κ3) is 4.12. The van der Waals surface area contributed by atoms with Gasteiger partial charge >= 0.3 is 0 Å². The number of hydrogen-bond donors (Lipinski definition) is 1. The molecule has 0 spiro atoms. The van der Waals surface area contributed by atoms with Gasteiger partial charge in [-0.2, -0.15) is 0 Å². The van der Waals surface area contributed by atoms with Crippen LogP contribution in [0.5, 0.6) is 23.0 Å². The highest BCUT2D eigenvalue weighted by Gasteiger charge is 2.21. The molecule has 1 heterocycles. The Morgan fingerprint density at radius 3 is 2.48 bits per heavy atom. The number of nitrogens with two attached hydrogens (primary N) is 1. The first-order chi connectivity index (χ1) is 12.7. The van der Waals surface area contributed by atoms with Crippen molar-refractivity contribution in [3.63, 3.8) is 0 Å². The molecule has 0 saturated carbocycles. The van der Waals surface area contributed by atoms with Crippen molar-refractivity contribution in [3.8, 4) is 23.0 Å². The van der Waals surface area contributed by atoms with Crippen LogP contribution in [0.4, 0.5) is 5.69 Å². The van der Waals surface area contributed by atoms with Crippen LogP contribution in [0, 0.1) is 0 Å². The molecular formula is C22H22ClNO3. The zero-order valence-corrected chi connectivity index (χ0v) is 15.9. The normalized spacial score (nSPS) is 15.1. The van der Waals surface area contributed by atoms with E-state index < -0.39 is 0 Å². The summed E-state index contributed by atoms with van der Waals surface area (Å²) in [4.78, 5) is 0. The zero-order chi connectivity index (χ0) is 17.9. The number of nitrogen functional groups attached to an aromatic ring is 1. The minimum absolute atomic E-state index is 0. The number of ether oxygens (including phenoxy) is 3. The van der Waals surface area contributed by atoms with Crippen molar-refractivity contribution in [1.29, 1.82) is 0 Å². The maximum atomic E-state index is 6.18. The van der Waals surface area contributed by atoms with E-state index >= 15 is 0 Å². The molecule has 1 unspecified atom stereocenters. The van der Waals surface area contributed by atoms with Crippen molar-refractivity contribution < 1.29 is 14.2 Å². The van der Waals surface area contributed by atoms with Crippen LogP contribution in [-0.2, 0) is 6.42 Å². The molecule has 0 amide bonds. The minimum Gasteiger partial charge on any atom is -0.497 e. The quantitative estimate of drug-likeness (QED) is 0.599. The lowest BCUT2D eigenvalue weighted by Gasteiger charge is -2.26. The van der Waals surface area contributed by atoms with E-state index in [4.69, 9.17) is 19.9 Å². The molecule has 0 aromatic heterocycles. The second-order valence-electron chi connectivity index (χ2n) is 6.33. The fourth-order valence-corrected chi connectivity index (χ4v) is 3.20. The predicted molar refractivity (Wildman–Crippen MR) is 109 cm³/mol. The van der Waals surface area contributed by atoms with Crippen LogP contribution < -0.4 is 19.9 Å². The molecule has 1 aliphatic heterocycles. The molecule has 5 heteroatoms. The smallest absolute Gasteiger partial charge is 0.150 e. The monoisotopic (exact) mass is 383 g/mol. The van der Waals surface area contributed by atoms with Gasteiger partial charge in [0, 0.05) is 6.07 Å². The van der Waals surface area contributed by atoms with E-state index in [1.165, 1.54) is 5.56 Å². The second kappa shape index (κ2) is 8.23. The first-order valence-corrected chi connectivity index (χ1v) is 8.69. The molecule has 0 saturated heterocycles. The number of fused-ring (bicyclic) bond motifs is 1. The standard InChI is InChI=1S/C22H21NO3.ClH/c1-24-17-8-12-22(19(23)14-17)25-18-9-11-21-16(13-18)7-10-20(26-21)15-5-3-2-4-6-15;/h2-6,8-9,11-14,20H,7,10,23H2,1H3;1H. The first kappa shape index (κ1) is 18.9. The maximum Gasteiger partial charge on any atom is 0.150 e. The van der Waals surface area contributed by atoms with E-state index in [-0.39, 0.29) is 18.5 Å². The molecule has 0 fully saturated rings. The summed E-state index contributed by atoms with van der Waals surface area (Å²) in [5, 5.41) is 0. The van der Waals surface area contributed by atoms with Gasteiger partial charge in [-0.3, -0.25) is 0 Å². The van der Waals surface area contributed by atoms with E-state index in [0.29, 0.717) is 17.2 Å². The topological polar surface area (TPSA) is 53.7 Å². The van der Waals surface area contributed by atoms with Gasteiger partial charge in [-0.05, 0) is 54.3 Å². The highest BCUT2D eigenvalue weighted by Crippen LogP contribution is 2.38. The van der Waals surface area contributed by atoms with Crippen molar-refractivity contribution in [2.75, 3.05) is 12.8 Å². The first-order valence-electron chi connectivity index (χ1n) is 8.69. The Bertz CT molecular complexity index is 915. The molecule has 4 nitrogen and oxygen atoms in total. The Morgan fingerprint density at radius 1 is 0.963 bits per heavy atom. The molecule has 3 aromatic carbocycles. The van der Waals surface area contributed by atoms with E-state index in [0.717, 1.165) is 29.9 Å². The highest BCUT2D eigenvalue weighted by molar-refractivity contribution is 5.85. The number of rotatable bonds is 4. The average molecular weight is 384 g/mol. The molecule has 3 aromatic rings. The van der Waals surface area contributed by atoms with Crippen molar-refractivity contribution in [2.45, 2.75) is 18.9 Å². The van der Waals surface area contributed by atoms with Crippen LogP contribution >= 0.6 is 12.4 Å². The number of anilines is 1. The summed E-state index contributed by atoms with van der Waals surface area (Å²) < 4.78 is 17.3. The summed E-state index contributed by atoms with van der Waals surface area (Å²) in [6, 6.07) is 21.6. The van der Waals surface area contributed by atoms with Crippen molar-refractivity contribution in [1.82, 2.24) is 0 Å². The Kier molecular flexibility index (Phi) is 5.77. The van der Waals surface area contributed by atoms with Gasteiger partial charge in [0.25, 0.3) is 0 Å². The summed E-state index contributed by atoms with van der Waals surface area (Å²) >= 11 is 0. The van der Waals surface area contributed by atoms with Gasteiger partial charge in [-0.1, -0.05) is 30.3 Å². The number of benzene rings is 3. The molecule has 0 radical (unpaired) electrons. The fourth-order valence-electron chi connectivity index (χ4n) is 3.20. The van der Waals surface area contributed by atoms with Crippen LogP contribution in [0.25, 0.3) is 0 Å². The summed E-state index contributed by atoms with van der Waals surface area (Å²) in [5.74, 6) is 2.99. The number of methoxy groups -OCH3 is 1. The van der Waals surface area contributed by atoms with E-state index in [1.54, 1.807) is 13.2 Å².